The van der Waals surface area contributed by atoms with Gasteiger partial charge in [-0.1, -0.05) is 29.5 Å². The zero-order valence-electron chi connectivity index (χ0n) is 17.2. The minimum Gasteiger partial charge on any atom is -0.397 e. The molecule has 1 atom stereocenters. The van der Waals surface area contributed by atoms with Gasteiger partial charge in [0.2, 0.25) is 0 Å². The van der Waals surface area contributed by atoms with Crippen molar-refractivity contribution < 1.29 is 4.39 Å². The molecular formula is C23H23ClFN5. The van der Waals surface area contributed by atoms with Crippen molar-refractivity contribution in [1.29, 1.82) is 0 Å². The third-order valence-electron chi connectivity index (χ3n) is 5.59. The molecule has 5 nitrogen and oxygen atoms in total. The second-order valence-corrected chi connectivity index (χ2v) is 8.51. The topological polar surface area (TPSA) is 67.1 Å². The Hall–Kier alpha value is -2.88. The SMILES string of the molecule is Cc1c(N)c(C#CC2(C)CCN(C)C2)cc2ncnc(Nc3cccc(Cl)c3F)c12. The number of anilines is 3. The van der Waals surface area contributed by atoms with Gasteiger partial charge < -0.3 is 16.0 Å². The Labute approximate surface area is 180 Å². The van der Waals surface area contributed by atoms with Gasteiger partial charge in [0, 0.05) is 22.9 Å². The van der Waals surface area contributed by atoms with Crippen LogP contribution >= 0.6 is 11.6 Å². The molecule has 154 valence electrons. The third-order valence-corrected chi connectivity index (χ3v) is 5.89. The third kappa shape index (κ3) is 3.79. The minimum atomic E-state index is -0.534. The lowest BCUT2D eigenvalue weighted by atomic mass is 9.90. The smallest absolute Gasteiger partial charge is 0.165 e. The van der Waals surface area contributed by atoms with Gasteiger partial charge in [-0.15, -0.1) is 0 Å². The first-order valence-electron chi connectivity index (χ1n) is 9.74. The van der Waals surface area contributed by atoms with Crippen molar-refractivity contribution >= 4 is 39.7 Å². The molecule has 0 amide bonds. The first-order chi connectivity index (χ1) is 14.3. The van der Waals surface area contributed by atoms with E-state index >= 15 is 0 Å². The van der Waals surface area contributed by atoms with Crippen molar-refractivity contribution in [1.82, 2.24) is 14.9 Å². The summed E-state index contributed by atoms with van der Waals surface area (Å²) >= 11 is 5.90. The molecule has 1 aliphatic rings. The van der Waals surface area contributed by atoms with E-state index in [1.807, 2.05) is 13.0 Å². The molecule has 0 saturated carbocycles. The molecule has 1 saturated heterocycles. The Bertz CT molecular complexity index is 1200. The lowest BCUT2D eigenvalue weighted by molar-refractivity contribution is 0.373. The second-order valence-electron chi connectivity index (χ2n) is 8.10. The Kier molecular flexibility index (Phi) is 5.27. The Balaban J connectivity index is 1.77. The summed E-state index contributed by atoms with van der Waals surface area (Å²) in [5.41, 5.74) is 9.44. The molecule has 1 aliphatic heterocycles. The number of likely N-dealkylation sites (tertiary alicyclic amines) is 1. The van der Waals surface area contributed by atoms with Crippen molar-refractivity contribution in [2.75, 3.05) is 31.2 Å². The fourth-order valence-corrected chi connectivity index (χ4v) is 4.04. The van der Waals surface area contributed by atoms with Gasteiger partial charge in [-0.2, -0.15) is 0 Å². The highest BCUT2D eigenvalue weighted by molar-refractivity contribution is 6.31. The maximum absolute atomic E-state index is 14.4. The Morgan fingerprint density at radius 3 is 2.87 bits per heavy atom. The van der Waals surface area contributed by atoms with E-state index in [0.29, 0.717) is 17.0 Å². The van der Waals surface area contributed by atoms with Crippen LogP contribution < -0.4 is 11.1 Å². The molecule has 3 aromatic rings. The monoisotopic (exact) mass is 423 g/mol. The van der Waals surface area contributed by atoms with Crippen LogP contribution in [0.3, 0.4) is 0 Å². The first-order valence-corrected chi connectivity index (χ1v) is 10.1. The number of halogens is 2. The van der Waals surface area contributed by atoms with Crippen LogP contribution in [0.25, 0.3) is 10.9 Å². The fraction of sp³-hybridized carbons (Fsp3) is 0.304. The molecular weight excluding hydrogens is 401 g/mol. The number of hydrogen-bond acceptors (Lipinski definition) is 5. The number of nitrogens with two attached hydrogens (primary N) is 1. The van der Waals surface area contributed by atoms with Crippen LogP contribution in [-0.2, 0) is 0 Å². The van der Waals surface area contributed by atoms with E-state index in [0.717, 1.165) is 36.0 Å². The van der Waals surface area contributed by atoms with Crippen molar-refractivity contribution in [3.8, 4) is 11.8 Å². The van der Waals surface area contributed by atoms with E-state index < -0.39 is 5.82 Å². The van der Waals surface area contributed by atoms with Crippen molar-refractivity contribution in [2.45, 2.75) is 20.3 Å². The summed E-state index contributed by atoms with van der Waals surface area (Å²) in [6, 6.07) is 6.64. The van der Waals surface area contributed by atoms with Crippen LogP contribution in [0.4, 0.5) is 21.6 Å². The van der Waals surface area contributed by atoms with Crippen molar-refractivity contribution in [3.63, 3.8) is 0 Å². The number of nitrogens with zero attached hydrogens (tertiary/aromatic N) is 3. The van der Waals surface area contributed by atoms with Crippen LogP contribution in [0.5, 0.6) is 0 Å². The quantitative estimate of drug-likeness (QED) is 0.460. The Morgan fingerprint density at radius 2 is 2.13 bits per heavy atom. The van der Waals surface area contributed by atoms with Gasteiger partial charge in [0.15, 0.2) is 5.82 Å². The number of rotatable bonds is 2. The van der Waals surface area contributed by atoms with Crippen molar-refractivity contribution in [2.24, 2.45) is 5.41 Å². The summed E-state index contributed by atoms with van der Waals surface area (Å²) in [6.45, 7) is 6.06. The molecule has 0 radical (unpaired) electrons. The van der Waals surface area contributed by atoms with E-state index in [1.165, 1.54) is 12.4 Å². The van der Waals surface area contributed by atoms with Gasteiger partial charge in [-0.3, -0.25) is 0 Å². The fourth-order valence-electron chi connectivity index (χ4n) is 3.87. The predicted octanol–water partition coefficient (Wildman–Crippen LogP) is 4.75. The standard InChI is InChI=1S/C23H23ClFN5/c1-14-19-18(11-15(21(14)26)7-8-23(2)9-10-30(3)12-23)27-13-28-22(19)29-17-6-4-5-16(24)20(17)25/h4-6,11,13H,9-10,12,26H2,1-3H3,(H,27,28,29). The predicted molar refractivity (Wildman–Crippen MR) is 120 cm³/mol. The highest BCUT2D eigenvalue weighted by Gasteiger charge is 2.30. The summed E-state index contributed by atoms with van der Waals surface area (Å²) in [6.07, 6.45) is 2.47. The number of benzene rings is 2. The lowest BCUT2D eigenvalue weighted by Gasteiger charge is -2.16. The summed E-state index contributed by atoms with van der Waals surface area (Å²) in [5, 5.41) is 3.79. The number of hydrogen-bond donors (Lipinski definition) is 2. The summed E-state index contributed by atoms with van der Waals surface area (Å²) < 4.78 is 14.4. The molecule has 7 heteroatoms. The number of nitrogen functional groups attached to an aromatic ring is 1. The summed E-state index contributed by atoms with van der Waals surface area (Å²) in [5.74, 6) is 6.62. The van der Waals surface area contributed by atoms with Crippen LogP contribution in [0.15, 0.2) is 30.6 Å². The van der Waals surface area contributed by atoms with Gasteiger partial charge in [0.05, 0.1) is 21.9 Å². The maximum atomic E-state index is 14.4. The molecule has 1 unspecified atom stereocenters. The van der Waals surface area contributed by atoms with Gasteiger partial charge in [-0.05, 0) is 57.6 Å². The maximum Gasteiger partial charge on any atom is 0.165 e. The second kappa shape index (κ2) is 7.75. The van der Waals surface area contributed by atoms with Gasteiger partial charge in [-0.25, -0.2) is 14.4 Å². The number of aryl methyl sites for hydroxylation is 1. The molecule has 0 aliphatic carbocycles. The average molecular weight is 424 g/mol. The van der Waals surface area contributed by atoms with Gasteiger partial charge in [0.1, 0.15) is 12.1 Å². The molecule has 30 heavy (non-hydrogen) atoms. The molecule has 0 spiro atoms. The summed E-state index contributed by atoms with van der Waals surface area (Å²) in [7, 11) is 2.11. The zero-order valence-corrected chi connectivity index (χ0v) is 17.9. The largest absolute Gasteiger partial charge is 0.397 e. The molecule has 3 N–H and O–H groups in total. The van der Waals surface area contributed by atoms with E-state index in [1.54, 1.807) is 12.1 Å². The molecule has 1 aromatic heterocycles. The van der Waals surface area contributed by atoms with E-state index in [9.17, 15) is 4.39 Å². The molecule has 4 rings (SSSR count). The average Bonchev–Trinajstić information content (AvgIpc) is 3.06. The number of nitrogens with one attached hydrogen (secondary N) is 1. The zero-order chi connectivity index (χ0) is 21.5. The number of aromatic nitrogens is 2. The van der Waals surface area contributed by atoms with E-state index in [2.05, 4.69) is 46.0 Å². The minimum absolute atomic E-state index is 0.0400. The van der Waals surface area contributed by atoms with Gasteiger partial charge in [0.25, 0.3) is 0 Å². The number of fused-ring (bicyclic) bond motifs is 1. The highest BCUT2D eigenvalue weighted by atomic mass is 35.5. The summed E-state index contributed by atoms with van der Waals surface area (Å²) in [4.78, 5) is 11.0. The molecule has 0 bridgehead atoms. The van der Waals surface area contributed by atoms with Crippen LogP contribution in [0.1, 0.15) is 24.5 Å². The van der Waals surface area contributed by atoms with Crippen molar-refractivity contribution in [3.05, 3.63) is 52.6 Å². The highest BCUT2D eigenvalue weighted by Crippen LogP contribution is 2.34. The Morgan fingerprint density at radius 1 is 1.33 bits per heavy atom. The van der Waals surface area contributed by atoms with Crippen LogP contribution in [0.2, 0.25) is 5.02 Å². The normalized spacial score (nSPS) is 19.0. The van der Waals surface area contributed by atoms with Gasteiger partial charge >= 0.3 is 0 Å². The lowest BCUT2D eigenvalue weighted by Crippen LogP contribution is -2.20. The van der Waals surface area contributed by atoms with E-state index in [4.69, 9.17) is 17.3 Å². The molecule has 2 heterocycles. The molecule has 2 aromatic carbocycles. The molecule has 1 fully saturated rings. The first kappa shape index (κ1) is 20.4. The van der Waals surface area contributed by atoms with Crippen LogP contribution in [-0.4, -0.2) is 35.0 Å². The van der Waals surface area contributed by atoms with Crippen LogP contribution in [0, 0.1) is 30.0 Å². The van der Waals surface area contributed by atoms with E-state index in [-0.39, 0.29) is 16.1 Å².